The van der Waals surface area contributed by atoms with Crippen LogP contribution in [-0.2, 0) is 4.74 Å². The number of carbonyl (C=O) groups excluding carboxylic acids is 1. The topological polar surface area (TPSA) is 86.6 Å². The van der Waals surface area contributed by atoms with E-state index in [9.17, 15) is 9.18 Å². The lowest BCUT2D eigenvalue weighted by Crippen LogP contribution is -2.37. The van der Waals surface area contributed by atoms with E-state index in [4.69, 9.17) is 9.15 Å². The smallest absolute Gasteiger partial charge is 0.291 e. The van der Waals surface area contributed by atoms with Gasteiger partial charge >= 0.3 is 0 Å². The Morgan fingerprint density at radius 2 is 1.91 bits per heavy atom. The zero-order chi connectivity index (χ0) is 21.9. The van der Waals surface area contributed by atoms with Crippen molar-refractivity contribution in [3.8, 4) is 11.3 Å². The Kier molecular flexibility index (Phi) is 5.81. The molecule has 5 rings (SSSR count). The molecule has 0 saturated carbocycles. The van der Waals surface area contributed by atoms with Crippen LogP contribution in [-0.4, -0.2) is 61.7 Å². The lowest BCUT2D eigenvalue weighted by Gasteiger charge is -2.34. The average molecular weight is 439 g/mol. The number of halogens is 1. The molecule has 2 aromatic heterocycles. The second-order valence-corrected chi connectivity index (χ2v) is 8.07. The van der Waals surface area contributed by atoms with Gasteiger partial charge in [-0.15, -0.1) is 0 Å². The number of alkyl halides is 1. The Morgan fingerprint density at radius 3 is 2.66 bits per heavy atom. The maximum Gasteiger partial charge on any atom is 0.291 e. The highest BCUT2D eigenvalue weighted by atomic mass is 19.1. The predicted octanol–water partition coefficient (Wildman–Crippen LogP) is 3.70. The number of aromatic nitrogens is 2. The van der Waals surface area contributed by atoms with Gasteiger partial charge in [0.05, 0.1) is 36.3 Å². The summed E-state index contributed by atoms with van der Waals surface area (Å²) in [6, 6.07) is 9.39. The second kappa shape index (κ2) is 9.04. The summed E-state index contributed by atoms with van der Waals surface area (Å²) in [5.41, 5.74) is 3.43. The molecule has 4 heterocycles. The number of furan rings is 1. The number of aromatic amines is 1. The molecule has 0 atom stereocenters. The second-order valence-electron chi connectivity index (χ2n) is 8.07. The number of morpholine rings is 1. The molecule has 1 aromatic carbocycles. The zero-order valence-electron chi connectivity index (χ0n) is 17.7. The van der Waals surface area contributed by atoms with E-state index >= 15 is 0 Å². The summed E-state index contributed by atoms with van der Waals surface area (Å²) in [5, 5.41) is 9.63. The first-order chi connectivity index (χ1) is 15.7. The molecule has 0 spiro atoms. The quantitative estimate of drug-likeness (QED) is 0.631. The van der Waals surface area contributed by atoms with Gasteiger partial charge in [-0.2, -0.15) is 5.10 Å². The Bertz CT molecular complexity index is 1050. The average Bonchev–Trinajstić information content (AvgIpc) is 3.53. The van der Waals surface area contributed by atoms with Gasteiger partial charge in [-0.1, -0.05) is 0 Å². The van der Waals surface area contributed by atoms with E-state index in [0.717, 1.165) is 30.0 Å². The number of anilines is 3. The summed E-state index contributed by atoms with van der Waals surface area (Å²) < 4.78 is 24.9. The Labute approximate surface area is 185 Å². The van der Waals surface area contributed by atoms with Gasteiger partial charge in [-0.05, 0) is 43.2 Å². The Morgan fingerprint density at radius 1 is 1.09 bits per heavy atom. The van der Waals surface area contributed by atoms with Crippen molar-refractivity contribution in [3.63, 3.8) is 0 Å². The standard InChI is InChI=1S/C23H26FN5O3/c24-17-5-7-29(8-6-17)20-13-18(28-9-11-31-12-10-28)1-2-19(20)27-23(30)22-4-3-21(32-22)16-14-25-26-15-16/h1-4,13-15,17H,5-12H2,(H,25,26)(H,27,30). The highest BCUT2D eigenvalue weighted by Crippen LogP contribution is 2.34. The van der Waals surface area contributed by atoms with E-state index < -0.39 is 6.17 Å². The fourth-order valence-electron chi connectivity index (χ4n) is 4.18. The van der Waals surface area contributed by atoms with Crippen LogP contribution in [0.5, 0.6) is 0 Å². The number of ether oxygens (including phenoxy) is 1. The third kappa shape index (κ3) is 4.34. The number of piperidine rings is 1. The molecule has 0 unspecified atom stereocenters. The van der Waals surface area contributed by atoms with Crippen molar-refractivity contribution < 1.29 is 18.3 Å². The predicted molar refractivity (Wildman–Crippen MR) is 120 cm³/mol. The van der Waals surface area contributed by atoms with Crippen LogP contribution in [0.3, 0.4) is 0 Å². The van der Waals surface area contributed by atoms with Crippen molar-refractivity contribution >= 4 is 23.0 Å². The first-order valence-corrected chi connectivity index (χ1v) is 10.9. The van der Waals surface area contributed by atoms with Crippen molar-refractivity contribution in [3.05, 3.63) is 48.5 Å². The Balaban J connectivity index is 1.39. The van der Waals surface area contributed by atoms with E-state index in [-0.39, 0.29) is 11.7 Å². The number of nitrogens with one attached hydrogen (secondary N) is 2. The van der Waals surface area contributed by atoms with Gasteiger partial charge in [-0.25, -0.2) is 4.39 Å². The molecule has 8 nitrogen and oxygen atoms in total. The van der Waals surface area contributed by atoms with Crippen molar-refractivity contribution in [1.82, 2.24) is 10.2 Å². The highest BCUT2D eigenvalue weighted by Gasteiger charge is 2.23. The zero-order valence-corrected chi connectivity index (χ0v) is 17.7. The van der Waals surface area contributed by atoms with E-state index in [2.05, 4.69) is 31.4 Å². The molecule has 0 bridgehead atoms. The highest BCUT2D eigenvalue weighted by molar-refractivity contribution is 6.04. The number of hydrogen-bond acceptors (Lipinski definition) is 6. The molecule has 2 fully saturated rings. The number of amides is 1. The summed E-state index contributed by atoms with van der Waals surface area (Å²) in [4.78, 5) is 17.4. The normalized spacial score (nSPS) is 17.5. The fourth-order valence-corrected chi connectivity index (χ4v) is 4.18. The summed E-state index contributed by atoms with van der Waals surface area (Å²) in [7, 11) is 0. The maximum absolute atomic E-state index is 13.8. The van der Waals surface area contributed by atoms with Crippen LogP contribution in [0.2, 0.25) is 0 Å². The molecule has 3 aromatic rings. The minimum absolute atomic E-state index is 0.215. The lowest BCUT2D eigenvalue weighted by atomic mass is 10.1. The minimum Gasteiger partial charge on any atom is -0.451 e. The Hall–Kier alpha value is -3.33. The van der Waals surface area contributed by atoms with Gasteiger partial charge in [0, 0.05) is 38.1 Å². The fraction of sp³-hybridized carbons (Fsp3) is 0.391. The van der Waals surface area contributed by atoms with Crippen LogP contribution >= 0.6 is 0 Å². The molecule has 2 N–H and O–H groups in total. The molecule has 1 amide bonds. The van der Waals surface area contributed by atoms with Crippen LogP contribution in [0.15, 0.2) is 47.1 Å². The van der Waals surface area contributed by atoms with Crippen LogP contribution in [0.1, 0.15) is 23.4 Å². The molecule has 0 radical (unpaired) electrons. The summed E-state index contributed by atoms with van der Waals surface area (Å²) in [6.07, 6.45) is 3.55. The summed E-state index contributed by atoms with van der Waals surface area (Å²) in [6.45, 7) is 4.25. The number of rotatable bonds is 5. The van der Waals surface area contributed by atoms with E-state index in [0.29, 0.717) is 50.6 Å². The lowest BCUT2D eigenvalue weighted by molar-refractivity contribution is 0.0997. The minimum atomic E-state index is -0.767. The van der Waals surface area contributed by atoms with E-state index in [1.54, 1.807) is 24.5 Å². The number of benzene rings is 1. The van der Waals surface area contributed by atoms with Gasteiger partial charge in [0.15, 0.2) is 5.76 Å². The van der Waals surface area contributed by atoms with Gasteiger partial charge in [-0.3, -0.25) is 9.89 Å². The maximum atomic E-state index is 13.8. The van der Waals surface area contributed by atoms with Crippen molar-refractivity contribution in [2.75, 3.05) is 54.5 Å². The molecule has 168 valence electrons. The molecule has 9 heteroatoms. The van der Waals surface area contributed by atoms with Crippen LogP contribution in [0.25, 0.3) is 11.3 Å². The summed E-state index contributed by atoms with van der Waals surface area (Å²) >= 11 is 0. The number of nitrogens with zero attached hydrogens (tertiary/aromatic N) is 3. The molecule has 2 aliphatic heterocycles. The van der Waals surface area contributed by atoms with Crippen LogP contribution < -0.4 is 15.1 Å². The van der Waals surface area contributed by atoms with Crippen LogP contribution in [0, 0.1) is 0 Å². The largest absolute Gasteiger partial charge is 0.451 e. The van der Waals surface area contributed by atoms with E-state index in [1.165, 1.54) is 0 Å². The summed E-state index contributed by atoms with van der Waals surface area (Å²) in [5.74, 6) is 0.448. The third-order valence-electron chi connectivity index (χ3n) is 5.98. The van der Waals surface area contributed by atoms with Gasteiger partial charge in [0.1, 0.15) is 11.9 Å². The molecule has 2 aliphatic rings. The monoisotopic (exact) mass is 439 g/mol. The van der Waals surface area contributed by atoms with Crippen LogP contribution in [0.4, 0.5) is 21.5 Å². The number of carbonyl (C=O) groups is 1. The van der Waals surface area contributed by atoms with Gasteiger partial charge in [0.25, 0.3) is 5.91 Å². The first kappa shape index (κ1) is 20.6. The SMILES string of the molecule is O=C(Nc1ccc(N2CCOCC2)cc1N1CCC(F)CC1)c1ccc(-c2cn[nH]c2)o1. The third-order valence-corrected chi connectivity index (χ3v) is 5.98. The molecular weight excluding hydrogens is 413 g/mol. The number of hydrogen-bond donors (Lipinski definition) is 2. The molecule has 0 aliphatic carbocycles. The molecule has 2 saturated heterocycles. The van der Waals surface area contributed by atoms with Crippen molar-refractivity contribution in [2.45, 2.75) is 19.0 Å². The van der Waals surface area contributed by atoms with E-state index in [1.807, 2.05) is 12.1 Å². The number of H-pyrrole nitrogens is 1. The van der Waals surface area contributed by atoms with Gasteiger partial charge < -0.3 is 24.3 Å². The van der Waals surface area contributed by atoms with Crippen molar-refractivity contribution in [1.29, 1.82) is 0 Å². The molecular formula is C23H26FN5O3. The molecule has 32 heavy (non-hydrogen) atoms. The first-order valence-electron chi connectivity index (χ1n) is 10.9. The van der Waals surface area contributed by atoms with Crippen molar-refractivity contribution in [2.24, 2.45) is 0 Å². The van der Waals surface area contributed by atoms with Gasteiger partial charge in [0.2, 0.25) is 0 Å².